The summed E-state index contributed by atoms with van der Waals surface area (Å²) in [4.78, 5) is 12.3. The molecule has 0 unspecified atom stereocenters. The first-order valence-electron chi connectivity index (χ1n) is 7.25. The number of hydrogen-bond donors (Lipinski definition) is 1. The van der Waals surface area contributed by atoms with Crippen molar-refractivity contribution in [2.24, 2.45) is 0 Å². The number of rotatable bonds is 3. The van der Waals surface area contributed by atoms with Crippen molar-refractivity contribution >= 4 is 34.9 Å². The molecule has 0 atom stereocenters. The maximum absolute atomic E-state index is 12.3. The van der Waals surface area contributed by atoms with Crippen LogP contribution in [0.5, 0.6) is 0 Å². The first-order chi connectivity index (χ1) is 11.3. The maximum atomic E-state index is 12.3. The summed E-state index contributed by atoms with van der Waals surface area (Å²) in [6.07, 6.45) is 0. The molecular formula is C17H15Cl2N3O2. The van der Waals surface area contributed by atoms with Crippen molar-refractivity contribution in [3.63, 3.8) is 0 Å². The highest BCUT2D eigenvalue weighted by atomic mass is 35.5. The van der Waals surface area contributed by atoms with Crippen molar-refractivity contribution in [3.8, 4) is 5.69 Å². The fraction of sp³-hybridized carbons (Fsp3) is 0.176. The zero-order valence-electron chi connectivity index (χ0n) is 13.4. The van der Waals surface area contributed by atoms with Gasteiger partial charge in [-0.05, 0) is 45.0 Å². The van der Waals surface area contributed by atoms with Crippen molar-refractivity contribution in [3.05, 3.63) is 63.2 Å². The second-order valence-corrected chi connectivity index (χ2v) is 6.28. The summed E-state index contributed by atoms with van der Waals surface area (Å²) in [7, 11) is 0. The fourth-order valence-electron chi connectivity index (χ4n) is 2.45. The van der Waals surface area contributed by atoms with Crippen LogP contribution in [0.2, 0.25) is 10.0 Å². The average Bonchev–Trinajstić information content (AvgIpc) is 3.04. The normalized spacial score (nSPS) is 10.9. The van der Waals surface area contributed by atoms with E-state index in [4.69, 9.17) is 27.6 Å². The Hall–Kier alpha value is -2.24. The zero-order valence-corrected chi connectivity index (χ0v) is 14.9. The fourth-order valence-corrected chi connectivity index (χ4v) is 2.75. The molecule has 0 aliphatic carbocycles. The maximum Gasteiger partial charge on any atom is 0.260 e. The summed E-state index contributed by atoms with van der Waals surface area (Å²) < 4.78 is 7.07. The number of furan rings is 1. The van der Waals surface area contributed by atoms with Gasteiger partial charge in [0, 0.05) is 11.8 Å². The Balaban J connectivity index is 1.87. The largest absolute Gasteiger partial charge is 0.466 e. The molecule has 0 spiro atoms. The van der Waals surface area contributed by atoms with E-state index in [2.05, 4.69) is 10.4 Å². The molecule has 0 aliphatic rings. The monoisotopic (exact) mass is 363 g/mol. The van der Waals surface area contributed by atoms with Crippen LogP contribution in [0.25, 0.3) is 5.69 Å². The van der Waals surface area contributed by atoms with Crippen molar-refractivity contribution in [2.45, 2.75) is 20.8 Å². The van der Waals surface area contributed by atoms with Crippen LogP contribution in [-0.4, -0.2) is 15.7 Å². The van der Waals surface area contributed by atoms with E-state index in [-0.39, 0.29) is 5.91 Å². The number of halogens is 2. The Kier molecular flexibility index (Phi) is 4.39. The molecule has 124 valence electrons. The molecule has 2 aromatic heterocycles. The molecule has 1 amide bonds. The van der Waals surface area contributed by atoms with Gasteiger partial charge in [-0.3, -0.25) is 4.79 Å². The molecule has 5 nitrogen and oxygen atoms in total. The Bertz CT molecular complexity index is 928. The van der Waals surface area contributed by atoms with Crippen molar-refractivity contribution in [1.82, 2.24) is 9.78 Å². The SMILES string of the molecule is Cc1cc(C(=O)Nc2cc(C)n(-c3ccc(Cl)c(Cl)c3)n2)c(C)o1. The van der Waals surface area contributed by atoms with Gasteiger partial charge in [-0.15, -0.1) is 5.10 Å². The predicted octanol–water partition coefficient (Wildman–Crippen LogP) is 4.95. The average molecular weight is 364 g/mol. The van der Waals surface area contributed by atoms with Gasteiger partial charge in [0.1, 0.15) is 11.5 Å². The second-order valence-electron chi connectivity index (χ2n) is 5.46. The van der Waals surface area contributed by atoms with Gasteiger partial charge in [0.15, 0.2) is 5.82 Å². The van der Waals surface area contributed by atoms with Crippen LogP contribution < -0.4 is 5.32 Å². The van der Waals surface area contributed by atoms with Crippen LogP contribution >= 0.6 is 23.2 Å². The Labute approximate surface area is 149 Å². The zero-order chi connectivity index (χ0) is 17.4. The van der Waals surface area contributed by atoms with E-state index in [9.17, 15) is 4.79 Å². The van der Waals surface area contributed by atoms with Gasteiger partial charge in [0.25, 0.3) is 5.91 Å². The van der Waals surface area contributed by atoms with E-state index in [1.54, 1.807) is 42.8 Å². The molecule has 24 heavy (non-hydrogen) atoms. The molecule has 0 saturated heterocycles. The third-order valence-corrected chi connectivity index (χ3v) is 4.30. The summed E-state index contributed by atoms with van der Waals surface area (Å²) in [6, 6.07) is 8.72. The lowest BCUT2D eigenvalue weighted by molar-refractivity contribution is 0.102. The molecule has 3 rings (SSSR count). The first-order valence-corrected chi connectivity index (χ1v) is 8.01. The Morgan fingerprint density at radius 1 is 1.12 bits per heavy atom. The van der Waals surface area contributed by atoms with Crippen molar-refractivity contribution in [2.75, 3.05) is 5.32 Å². The highest BCUT2D eigenvalue weighted by Crippen LogP contribution is 2.25. The lowest BCUT2D eigenvalue weighted by Crippen LogP contribution is -2.12. The van der Waals surface area contributed by atoms with Gasteiger partial charge in [-0.1, -0.05) is 23.2 Å². The minimum Gasteiger partial charge on any atom is -0.466 e. The molecule has 1 aromatic carbocycles. The lowest BCUT2D eigenvalue weighted by atomic mass is 10.2. The molecule has 0 fully saturated rings. The number of carbonyl (C=O) groups is 1. The van der Waals surface area contributed by atoms with Crippen LogP contribution in [-0.2, 0) is 0 Å². The summed E-state index contributed by atoms with van der Waals surface area (Å²) in [5.41, 5.74) is 2.11. The number of amides is 1. The molecule has 2 heterocycles. The summed E-state index contributed by atoms with van der Waals surface area (Å²) in [5.74, 6) is 1.45. The van der Waals surface area contributed by atoms with Crippen LogP contribution in [0, 0.1) is 20.8 Å². The molecule has 0 radical (unpaired) electrons. The highest BCUT2D eigenvalue weighted by molar-refractivity contribution is 6.42. The van der Waals surface area contributed by atoms with E-state index in [0.717, 1.165) is 11.4 Å². The number of nitrogens with zero attached hydrogens (tertiary/aromatic N) is 2. The Morgan fingerprint density at radius 3 is 2.50 bits per heavy atom. The van der Waals surface area contributed by atoms with Crippen molar-refractivity contribution in [1.29, 1.82) is 0 Å². The number of nitrogens with one attached hydrogen (secondary N) is 1. The van der Waals surface area contributed by atoms with Crippen LogP contribution in [0.1, 0.15) is 27.6 Å². The molecule has 0 aliphatic heterocycles. The lowest BCUT2D eigenvalue weighted by Gasteiger charge is -2.05. The number of hydrogen-bond acceptors (Lipinski definition) is 3. The summed E-state index contributed by atoms with van der Waals surface area (Å²) >= 11 is 12.0. The smallest absolute Gasteiger partial charge is 0.260 e. The minimum absolute atomic E-state index is 0.261. The number of carbonyl (C=O) groups excluding carboxylic acids is 1. The molecule has 1 N–H and O–H groups in total. The first kappa shape index (κ1) is 16.6. The van der Waals surface area contributed by atoms with E-state index in [1.165, 1.54) is 0 Å². The molecule has 7 heteroatoms. The Morgan fingerprint density at radius 2 is 1.88 bits per heavy atom. The van der Waals surface area contributed by atoms with Crippen LogP contribution in [0.3, 0.4) is 0 Å². The quantitative estimate of drug-likeness (QED) is 0.715. The molecule has 0 saturated carbocycles. The second kappa shape index (κ2) is 6.34. The van der Waals surface area contributed by atoms with E-state index in [1.807, 2.05) is 13.0 Å². The highest BCUT2D eigenvalue weighted by Gasteiger charge is 2.16. The van der Waals surface area contributed by atoms with Gasteiger partial charge in [0.05, 0.1) is 21.3 Å². The number of aryl methyl sites for hydroxylation is 3. The topological polar surface area (TPSA) is 60.1 Å². The minimum atomic E-state index is -0.261. The number of benzene rings is 1. The van der Waals surface area contributed by atoms with E-state index >= 15 is 0 Å². The van der Waals surface area contributed by atoms with Gasteiger partial charge in [-0.2, -0.15) is 0 Å². The van der Waals surface area contributed by atoms with Gasteiger partial charge in [0.2, 0.25) is 0 Å². The number of aromatic nitrogens is 2. The standard InChI is InChI=1S/C17H15Cl2N3O2/c1-9-6-16(20-17(23)13-7-10(2)24-11(13)3)21-22(9)12-4-5-14(18)15(19)8-12/h4-8H,1-3H3,(H,20,21,23). The number of anilines is 1. The summed E-state index contributed by atoms with van der Waals surface area (Å²) in [5, 5.41) is 8.10. The molecule has 0 bridgehead atoms. The van der Waals surface area contributed by atoms with E-state index in [0.29, 0.717) is 32.9 Å². The van der Waals surface area contributed by atoms with Crippen LogP contribution in [0.15, 0.2) is 34.7 Å². The van der Waals surface area contributed by atoms with Gasteiger partial charge >= 0.3 is 0 Å². The van der Waals surface area contributed by atoms with E-state index < -0.39 is 0 Å². The van der Waals surface area contributed by atoms with Crippen molar-refractivity contribution < 1.29 is 9.21 Å². The van der Waals surface area contributed by atoms with Gasteiger partial charge in [-0.25, -0.2) is 4.68 Å². The molecular weight excluding hydrogens is 349 g/mol. The predicted molar refractivity (Wildman–Crippen MR) is 94.5 cm³/mol. The van der Waals surface area contributed by atoms with Crippen LogP contribution in [0.4, 0.5) is 5.82 Å². The third kappa shape index (κ3) is 3.18. The third-order valence-electron chi connectivity index (χ3n) is 3.56. The molecule has 3 aromatic rings. The van der Waals surface area contributed by atoms with Gasteiger partial charge < -0.3 is 9.73 Å². The summed E-state index contributed by atoms with van der Waals surface area (Å²) in [6.45, 7) is 5.44.